The Morgan fingerprint density at radius 3 is 2.00 bits per heavy atom. The van der Waals surface area contributed by atoms with E-state index >= 15 is 0 Å². The second-order valence-corrected chi connectivity index (χ2v) is 8.58. The van der Waals surface area contributed by atoms with Crippen LogP contribution in [0.1, 0.15) is 81.1 Å². The van der Waals surface area contributed by atoms with Gasteiger partial charge in [0.1, 0.15) is 0 Å². The van der Waals surface area contributed by atoms with Gasteiger partial charge in [0.2, 0.25) is 0 Å². The van der Waals surface area contributed by atoms with Gasteiger partial charge >= 0.3 is 0 Å². The lowest BCUT2D eigenvalue weighted by molar-refractivity contribution is -0.295. The fourth-order valence-electron chi connectivity index (χ4n) is 5.24. The second kappa shape index (κ2) is 7.44. The van der Waals surface area contributed by atoms with Crippen molar-refractivity contribution in [2.45, 2.75) is 99.1 Å². The largest absolute Gasteiger partial charge is 0.349 e. The maximum absolute atomic E-state index is 6.84. The van der Waals surface area contributed by atoms with Gasteiger partial charge in [-0.15, -0.1) is 0 Å². The summed E-state index contributed by atoms with van der Waals surface area (Å²) in [6.07, 6.45) is 4.97. The number of rotatable bonds is 5. The Bertz CT molecular complexity index is 380. The molecular formula is C21H40O2. The monoisotopic (exact) mass is 324 g/mol. The van der Waals surface area contributed by atoms with Gasteiger partial charge in [0.25, 0.3) is 0 Å². The molecule has 136 valence electrons. The summed E-state index contributed by atoms with van der Waals surface area (Å²) < 4.78 is 13.3. The van der Waals surface area contributed by atoms with Gasteiger partial charge in [-0.1, -0.05) is 61.8 Å². The maximum Gasteiger partial charge on any atom is 0.161 e. The minimum Gasteiger partial charge on any atom is -0.349 e. The van der Waals surface area contributed by atoms with E-state index in [1.165, 1.54) is 12.8 Å². The number of hydrogen-bond acceptors (Lipinski definition) is 2. The molecule has 0 N–H and O–H groups in total. The standard InChI is InChI=1S/C21H40O2/c1-9-18-12-21(11-3,17(8)16(18)7)23-20-15(6)13(4)14(5)19(10-2)22-20/h13-20H,9-12H2,1-8H3/t13-,14?,15?,16?,17-,18-,19+,20?,21+/m0/s1. The predicted octanol–water partition coefficient (Wildman–Crippen LogP) is 5.90. The van der Waals surface area contributed by atoms with Gasteiger partial charge in [0, 0.05) is 5.92 Å². The summed E-state index contributed by atoms with van der Waals surface area (Å²) in [5.74, 6) is 3.90. The van der Waals surface area contributed by atoms with Crippen LogP contribution in [0, 0.1) is 35.5 Å². The zero-order chi connectivity index (χ0) is 17.4. The molecule has 1 aliphatic heterocycles. The molecule has 0 aromatic rings. The highest BCUT2D eigenvalue weighted by atomic mass is 16.7. The highest BCUT2D eigenvalue weighted by Crippen LogP contribution is 2.51. The molecule has 2 nitrogen and oxygen atoms in total. The van der Waals surface area contributed by atoms with Crippen molar-refractivity contribution >= 4 is 0 Å². The fourth-order valence-corrected chi connectivity index (χ4v) is 5.24. The minimum absolute atomic E-state index is 0.0115. The summed E-state index contributed by atoms with van der Waals surface area (Å²) in [7, 11) is 0. The molecular weight excluding hydrogens is 284 g/mol. The molecule has 1 aliphatic carbocycles. The molecule has 0 radical (unpaired) electrons. The molecule has 9 atom stereocenters. The lowest BCUT2D eigenvalue weighted by Gasteiger charge is -2.47. The molecule has 23 heavy (non-hydrogen) atoms. The SMILES string of the molecule is CC[C@H]1C[C@@](CC)(OC2O[C@H](CC)C(C)[C@H](C)C2C)[C@@H](C)C1C. The molecule has 2 fully saturated rings. The summed E-state index contributed by atoms with van der Waals surface area (Å²) in [6.45, 7) is 18.7. The van der Waals surface area contributed by atoms with E-state index in [1.54, 1.807) is 0 Å². The van der Waals surface area contributed by atoms with Crippen molar-refractivity contribution in [1.29, 1.82) is 0 Å². The topological polar surface area (TPSA) is 18.5 Å². The van der Waals surface area contributed by atoms with Crippen molar-refractivity contribution in [3.8, 4) is 0 Å². The molecule has 0 spiro atoms. The molecule has 0 bridgehead atoms. The van der Waals surface area contributed by atoms with Crippen LogP contribution in [0.3, 0.4) is 0 Å². The van der Waals surface area contributed by atoms with Crippen LogP contribution in [0.15, 0.2) is 0 Å². The van der Waals surface area contributed by atoms with Crippen molar-refractivity contribution in [2.24, 2.45) is 35.5 Å². The Hall–Kier alpha value is -0.0800. The predicted molar refractivity (Wildman–Crippen MR) is 97.3 cm³/mol. The van der Waals surface area contributed by atoms with E-state index in [4.69, 9.17) is 9.47 Å². The molecule has 1 heterocycles. The van der Waals surface area contributed by atoms with Crippen molar-refractivity contribution in [3.05, 3.63) is 0 Å². The average Bonchev–Trinajstić information content (AvgIpc) is 2.80. The highest BCUT2D eigenvalue weighted by Gasteiger charge is 2.51. The lowest BCUT2D eigenvalue weighted by atomic mass is 9.78. The fraction of sp³-hybridized carbons (Fsp3) is 1.00. The highest BCUT2D eigenvalue weighted by molar-refractivity contribution is 4.99. The van der Waals surface area contributed by atoms with Crippen LogP contribution in [0.4, 0.5) is 0 Å². The maximum atomic E-state index is 6.84. The summed E-state index contributed by atoms with van der Waals surface area (Å²) in [6, 6.07) is 0. The van der Waals surface area contributed by atoms with Crippen molar-refractivity contribution in [3.63, 3.8) is 0 Å². The van der Waals surface area contributed by atoms with E-state index in [0.29, 0.717) is 29.8 Å². The van der Waals surface area contributed by atoms with Gasteiger partial charge in [-0.05, 0) is 48.9 Å². The Labute approximate surface area is 144 Å². The van der Waals surface area contributed by atoms with Crippen LogP contribution in [0.2, 0.25) is 0 Å². The van der Waals surface area contributed by atoms with Crippen molar-refractivity contribution in [1.82, 2.24) is 0 Å². The zero-order valence-electron chi connectivity index (χ0n) is 16.8. The van der Waals surface area contributed by atoms with Crippen LogP contribution in [-0.2, 0) is 9.47 Å². The molecule has 4 unspecified atom stereocenters. The van der Waals surface area contributed by atoms with E-state index in [1.807, 2.05) is 0 Å². The van der Waals surface area contributed by atoms with E-state index in [0.717, 1.165) is 24.7 Å². The molecule has 2 heteroatoms. The molecule has 1 saturated carbocycles. The van der Waals surface area contributed by atoms with E-state index in [-0.39, 0.29) is 11.9 Å². The van der Waals surface area contributed by atoms with Crippen LogP contribution in [0.5, 0.6) is 0 Å². The first-order valence-electron chi connectivity index (χ1n) is 10.1. The molecule has 0 aromatic carbocycles. The Morgan fingerprint density at radius 2 is 1.52 bits per heavy atom. The summed E-state index contributed by atoms with van der Waals surface area (Å²) in [5.41, 5.74) is 0.0115. The minimum atomic E-state index is -0.0312. The van der Waals surface area contributed by atoms with Gasteiger partial charge in [-0.3, -0.25) is 0 Å². The molecule has 0 amide bonds. The van der Waals surface area contributed by atoms with Crippen LogP contribution < -0.4 is 0 Å². The van der Waals surface area contributed by atoms with Gasteiger partial charge < -0.3 is 9.47 Å². The van der Waals surface area contributed by atoms with Crippen molar-refractivity contribution in [2.75, 3.05) is 0 Å². The summed E-state index contributed by atoms with van der Waals surface area (Å²) >= 11 is 0. The third-order valence-corrected chi connectivity index (χ3v) is 7.83. The average molecular weight is 325 g/mol. The van der Waals surface area contributed by atoms with E-state index < -0.39 is 0 Å². The van der Waals surface area contributed by atoms with Gasteiger partial charge in [-0.25, -0.2) is 0 Å². The number of ether oxygens (including phenoxy) is 2. The van der Waals surface area contributed by atoms with E-state index in [9.17, 15) is 0 Å². The Kier molecular flexibility index (Phi) is 6.22. The summed E-state index contributed by atoms with van der Waals surface area (Å²) in [4.78, 5) is 0. The smallest absolute Gasteiger partial charge is 0.161 e. The van der Waals surface area contributed by atoms with E-state index in [2.05, 4.69) is 55.4 Å². The Morgan fingerprint density at radius 1 is 0.870 bits per heavy atom. The third-order valence-electron chi connectivity index (χ3n) is 7.83. The van der Waals surface area contributed by atoms with Gasteiger partial charge in [0.15, 0.2) is 6.29 Å². The molecule has 2 rings (SSSR count). The molecule has 2 aliphatic rings. The third kappa shape index (κ3) is 3.35. The van der Waals surface area contributed by atoms with Crippen LogP contribution >= 0.6 is 0 Å². The quantitative estimate of drug-likeness (QED) is 0.627. The van der Waals surface area contributed by atoms with Crippen LogP contribution in [-0.4, -0.2) is 18.0 Å². The number of hydrogen-bond donors (Lipinski definition) is 0. The first-order valence-corrected chi connectivity index (χ1v) is 10.1. The van der Waals surface area contributed by atoms with Crippen LogP contribution in [0.25, 0.3) is 0 Å². The lowest BCUT2D eigenvalue weighted by Crippen LogP contribution is -2.50. The van der Waals surface area contributed by atoms with Crippen molar-refractivity contribution < 1.29 is 9.47 Å². The summed E-state index contributed by atoms with van der Waals surface area (Å²) in [5, 5.41) is 0. The molecule has 1 saturated heterocycles. The normalized spacial score (nSPS) is 51.1. The van der Waals surface area contributed by atoms with Gasteiger partial charge in [0.05, 0.1) is 11.7 Å². The molecule has 0 aromatic heterocycles. The first kappa shape index (κ1) is 19.2. The zero-order valence-corrected chi connectivity index (χ0v) is 16.8. The Balaban J connectivity index is 2.18. The first-order chi connectivity index (χ1) is 10.8. The second-order valence-electron chi connectivity index (χ2n) is 8.58. The van der Waals surface area contributed by atoms with Gasteiger partial charge in [-0.2, -0.15) is 0 Å².